The van der Waals surface area contributed by atoms with Crippen molar-refractivity contribution in [3.63, 3.8) is 0 Å². The highest BCUT2D eigenvalue weighted by Gasteiger charge is 2.17. The van der Waals surface area contributed by atoms with E-state index in [0.717, 1.165) is 83.5 Å². The lowest BCUT2D eigenvalue weighted by Crippen LogP contribution is -2.30. The molecule has 1 unspecified atom stereocenters. The van der Waals surface area contributed by atoms with Crippen LogP contribution < -0.4 is 0 Å². The van der Waals surface area contributed by atoms with Crippen LogP contribution in [-0.2, 0) is 23.8 Å². The number of carbonyl (C=O) groups is 2. The number of esters is 2. The van der Waals surface area contributed by atoms with E-state index in [9.17, 15) is 9.59 Å². The van der Waals surface area contributed by atoms with Gasteiger partial charge in [-0.1, -0.05) is 229 Å². The van der Waals surface area contributed by atoms with Gasteiger partial charge in [0.05, 0.1) is 6.61 Å². The van der Waals surface area contributed by atoms with Crippen molar-refractivity contribution in [2.45, 2.75) is 284 Å². The van der Waals surface area contributed by atoms with Crippen LogP contribution >= 0.6 is 0 Å². The molecule has 0 aromatic carbocycles. The molecule has 5 nitrogen and oxygen atoms in total. The Morgan fingerprint density at radius 3 is 1.12 bits per heavy atom. The third-order valence-electron chi connectivity index (χ3n) is 12.2. The van der Waals surface area contributed by atoms with Crippen LogP contribution in [0.1, 0.15) is 278 Å². The maximum atomic E-state index is 12.8. The summed E-state index contributed by atoms with van der Waals surface area (Å²) >= 11 is 0. The summed E-state index contributed by atoms with van der Waals surface area (Å²) < 4.78 is 17.4. The molecule has 0 rings (SSSR count). The molecule has 0 amide bonds. The third kappa shape index (κ3) is 54.0. The van der Waals surface area contributed by atoms with E-state index in [4.69, 9.17) is 14.2 Å². The minimum atomic E-state index is -0.553. The molecule has 0 spiro atoms. The summed E-state index contributed by atoms with van der Waals surface area (Å²) in [6, 6.07) is 0. The smallest absolute Gasteiger partial charge is 0.306 e. The van der Waals surface area contributed by atoms with Gasteiger partial charge in [0.2, 0.25) is 0 Å². The minimum absolute atomic E-state index is 0.0723. The van der Waals surface area contributed by atoms with Crippen LogP contribution in [0, 0.1) is 0 Å². The first-order chi connectivity index (χ1) is 32.6. The van der Waals surface area contributed by atoms with E-state index in [-0.39, 0.29) is 25.2 Å². The van der Waals surface area contributed by atoms with E-state index in [0.29, 0.717) is 19.4 Å². The number of allylic oxidation sites excluding steroid dienone is 12. The molecule has 0 aromatic heterocycles. The topological polar surface area (TPSA) is 61.8 Å². The Bertz CT molecular complexity index is 1180. The van der Waals surface area contributed by atoms with E-state index in [2.05, 4.69) is 93.7 Å². The van der Waals surface area contributed by atoms with Crippen LogP contribution in [0.3, 0.4) is 0 Å². The van der Waals surface area contributed by atoms with Gasteiger partial charge in [-0.2, -0.15) is 0 Å². The lowest BCUT2D eigenvalue weighted by molar-refractivity contribution is -0.163. The third-order valence-corrected chi connectivity index (χ3v) is 12.2. The van der Waals surface area contributed by atoms with Gasteiger partial charge in [0.25, 0.3) is 0 Å². The Morgan fingerprint density at radius 2 is 0.682 bits per heavy atom. The van der Waals surface area contributed by atoms with Crippen LogP contribution in [-0.4, -0.2) is 37.9 Å². The first-order valence-electron chi connectivity index (χ1n) is 28.5. The SMILES string of the molecule is CC/C=C\C/C=C\C/C=C\C/C=C\CCCCCCCOCC(COC(=O)CCCCCCCCCCC/C=C\CCCCCCCC)OC(=O)CCCCCCC/C=C\CCCCCC. The second-order valence-corrected chi connectivity index (χ2v) is 18.8. The van der Waals surface area contributed by atoms with E-state index < -0.39 is 6.10 Å². The number of rotatable bonds is 52. The normalized spacial score (nSPS) is 12.7. The maximum absolute atomic E-state index is 12.8. The second-order valence-electron chi connectivity index (χ2n) is 18.8. The molecule has 0 heterocycles. The lowest BCUT2D eigenvalue weighted by atomic mass is 10.1. The summed E-state index contributed by atoms with van der Waals surface area (Å²) in [6.07, 6.45) is 73.5. The zero-order valence-corrected chi connectivity index (χ0v) is 44.0. The summed E-state index contributed by atoms with van der Waals surface area (Å²) in [5, 5.41) is 0. The summed E-state index contributed by atoms with van der Waals surface area (Å²) in [5.41, 5.74) is 0. The predicted octanol–water partition coefficient (Wildman–Crippen LogP) is 19.5. The highest BCUT2D eigenvalue weighted by molar-refractivity contribution is 5.70. The van der Waals surface area contributed by atoms with Crippen LogP contribution in [0.15, 0.2) is 72.9 Å². The van der Waals surface area contributed by atoms with Crippen molar-refractivity contribution < 1.29 is 23.8 Å². The largest absolute Gasteiger partial charge is 0.462 e. The fourth-order valence-electron chi connectivity index (χ4n) is 7.96. The van der Waals surface area contributed by atoms with Gasteiger partial charge < -0.3 is 14.2 Å². The first-order valence-corrected chi connectivity index (χ1v) is 28.5. The zero-order chi connectivity index (χ0) is 47.7. The van der Waals surface area contributed by atoms with Crippen molar-refractivity contribution in [2.24, 2.45) is 0 Å². The molecule has 382 valence electrons. The highest BCUT2D eigenvalue weighted by atomic mass is 16.6. The molecule has 66 heavy (non-hydrogen) atoms. The standard InChI is InChI=1S/C61H108O5/c1-4-7-10-13-16-19-22-25-27-29-31-32-34-37-39-42-45-48-51-54-60(62)65-58-59(66-61(63)55-52-49-46-43-40-36-24-21-18-15-12-9-6-3)57-64-56-53-50-47-44-41-38-35-33-30-28-26-23-20-17-14-11-8-5-2/h8,11,17,20-21,24-28,33,35,59H,4-7,9-10,12-16,18-19,22-23,29-32,34,36-58H2,1-3H3/b11-8-,20-17-,24-21-,27-25-,28-26-,35-33-. The monoisotopic (exact) mass is 921 g/mol. The average molecular weight is 922 g/mol. The van der Waals surface area contributed by atoms with E-state index in [1.807, 2.05) is 0 Å². The van der Waals surface area contributed by atoms with Crippen LogP contribution in [0.5, 0.6) is 0 Å². The summed E-state index contributed by atoms with van der Waals surface area (Å²) in [7, 11) is 0. The van der Waals surface area contributed by atoms with Gasteiger partial charge in [-0.25, -0.2) is 0 Å². The van der Waals surface area contributed by atoms with Crippen molar-refractivity contribution >= 4 is 11.9 Å². The average Bonchev–Trinajstić information content (AvgIpc) is 3.32. The van der Waals surface area contributed by atoms with Crippen LogP contribution in [0.2, 0.25) is 0 Å². The van der Waals surface area contributed by atoms with Gasteiger partial charge in [0.1, 0.15) is 6.61 Å². The van der Waals surface area contributed by atoms with Crippen molar-refractivity contribution in [2.75, 3.05) is 19.8 Å². The van der Waals surface area contributed by atoms with Gasteiger partial charge in [0, 0.05) is 19.4 Å². The molecule has 1 atom stereocenters. The van der Waals surface area contributed by atoms with Crippen molar-refractivity contribution in [1.29, 1.82) is 0 Å². The quantitative estimate of drug-likeness (QED) is 0.0346. The molecule has 0 aromatic rings. The number of unbranched alkanes of at least 4 members (excludes halogenated alkanes) is 29. The summed E-state index contributed by atoms with van der Waals surface area (Å²) in [5.74, 6) is -0.414. The summed E-state index contributed by atoms with van der Waals surface area (Å²) in [6.45, 7) is 7.67. The first kappa shape index (κ1) is 63.3. The maximum Gasteiger partial charge on any atom is 0.306 e. The van der Waals surface area contributed by atoms with Crippen LogP contribution in [0.4, 0.5) is 0 Å². The molecule has 0 aliphatic heterocycles. The fourth-order valence-corrected chi connectivity index (χ4v) is 7.96. The van der Waals surface area contributed by atoms with Crippen molar-refractivity contribution in [3.8, 4) is 0 Å². The zero-order valence-electron chi connectivity index (χ0n) is 44.0. The molecular weight excluding hydrogens is 813 g/mol. The molecular formula is C61H108O5. The molecule has 0 N–H and O–H groups in total. The molecule has 0 fully saturated rings. The van der Waals surface area contributed by atoms with Gasteiger partial charge >= 0.3 is 11.9 Å². The van der Waals surface area contributed by atoms with Crippen molar-refractivity contribution in [1.82, 2.24) is 0 Å². The fraction of sp³-hybridized carbons (Fsp3) is 0.770. The van der Waals surface area contributed by atoms with Gasteiger partial charge in [0.15, 0.2) is 6.10 Å². The molecule has 0 bridgehead atoms. The minimum Gasteiger partial charge on any atom is -0.462 e. The van der Waals surface area contributed by atoms with Gasteiger partial charge in [-0.15, -0.1) is 0 Å². The lowest BCUT2D eigenvalue weighted by Gasteiger charge is -2.18. The predicted molar refractivity (Wildman–Crippen MR) is 288 cm³/mol. The van der Waals surface area contributed by atoms with E-state index >= 15 is 0 Å². The highest BCUT2D eigenvalue weighted by Crippen LogP contribution is 2.15. The Balaban J connectivity index is 4.28. The number of ether oxygens (including phenoxy) is 3. The number of hydrogen-bond donors (Lipinski definition) is 0. The Labute approximate surface area is 410 Å². The van der Waals surface area contributed by atoms with Crippen molar-refractivity contribution in [3.05, 3.63) is 72.9 Å². The van der Waals surface area contributed by atoms with E-state index in [1.165, 1.54) is 161 Å². The Hall–Kier alpha value is -2.66. The Kier molecular flexibility index (Phi) is 54.4. The van der Waals surface area contributed by atoms with Crippen LogP contribution in [0.25, 0.3) is 0 Å². The molecule has 0 saturated heterocycles. The number of hydrogen-bond acceptors (Lipinski definition) is 5. The Morgan fingerprint density at radius 1 is 0.348 bits per heavy atom. The molecule has 0 saturated carbocycles. The molecule has 0 aliphatic rings. The molecule has 0 aliphatic carbocycles. The summed E-state index contributed by atoms with van der Waals surface area (Å²) in [4.78, 5) is 25.5. The second kappa shape index (κ2) is 56.7. The van der Waals surface area contributed by atoms with Gasteiger partial charge in [-0.05, 0) is 109 Å². The molecule has 5 heteroatoms. The van der Waals surface area contributed by atoms with E-state index in [1.54, 1.807) is 0 Å². The number of carbonyl (C=O) groups excluding carboxylic acids is 2. The molecule has 0 radical (unpaired) electrons. The van der Waals surface area contributed by atoms with Gasteiger partial charge in [-0.3, -0.25) is 9.59 Å².